The maximum absolute atomic E-state index is 12.5. The van der Waals surface area contributed by atoms with Crippen LogP contribution in [0.25, 0.3) is 0 Å². The molecule has 1 aliphatic rings. The summed E-state index contributed by atoms with van der Waals surface area (Å²) in [6.07, 6.45) is 2.47. The maximum atomic E-state index is 12.5. The van der Waals surface area contributed by atoms with Crippen LogP contribution in [0.1, 0.15) is 28.8 Å². The fourth-order valence-electron chi connectivity index (χ4n) is 3.09. The molecule has 2 aromatic carbocycles. The summed E-state index contributed by atoms with van der Waals surface area (Å²) in [5.41, 5.74) is 1.52. The number of sulfonamides is 1. The molecule has 1 fully saturated rings. The minimum Gasteiger partial charge on any atom is -0.497 e. The molecule has 1 heterocycles. The first kappa shape index (κ1) is 19.4. The average molecular weight is 388 g/mol. The van der Waals surface area contributed by atoms with Crippen molar-refractivity contribution < 1.29 is 17.9 Å². The van der Waals surface area contributed by atoms with E-state index in [1.807, 2.05) is 0 Å². The van der Waals surface area contributed by atoms with Crippen LogP contribution >= 0.6 is 0 Å². The van der Waals surface area contributed by atoms with Crippen LogP contribution in [-0.2, 0) is 16.4 Å². The lowest BCUT2D eigenvalue weighted by Crippen LogP contribution is -2.28. The van der Waals surface area contributed by atoms with Gasteiger partial charge in [-0.15, -0.1) is 0 Å². The third-order valence-electron chi connectivity index (χ3n) is 4.66. The third kappa shape index (κ3) is 4.67. The Hall–Kier alpha value is -2.38. The number of ether oxygens (including phenoxy) is 1. The maximum Gasteiger partial charge on any atom is 0.251 e. The van der Waals surface area contributed by atoms with Crippen LogP contribution < -0.4 is 10.1 Å². The first-order chi connectivity index (χ1) is 13.0. The first-order valence-corrected chi connectivity index (χ1v) is 10.5. The van der Waals surface area contributed by atoms with Crippen LogP contribution in [-0.4, -0.2) is 45.4 Å². The van der Waals surface area contributed by atoms with Crippen molar-refractivity contribution in [2.24, 2.45) is 0 Å². The normalized spacial score (nSPS) is 14.9. The molecule has 0 radical (unpaired) electrons. The summed E-state index contributed by atoms with van der Waals surface area (Å²) >= 11 is 0. The van der Waals surface area contributed by atoms with E-state index in [1.165, 1.54) is 4.31 Å². The van der Waals surface area contributed by atoms with Crippen molar-refractivity contribution in [2.45, 2.75) is 24.2 Å². The Morgan fingerprint density at radius 3 is 2.48 bits per heavy atom. The van der Waals surface area contributed by atoms with Gasteiger partial charge in [-0.05, 0) is 55.2 Å². The van der Waals surface area contributed by atoms with Gasteiger partial charge in [-0.1, -0.05) is 18.2 Å². The summed E-state index contributed by atoms with van der Waals surface area (Å²) in [6.45, 7) is 1.66. The number of hydrogen-bond donors (Lipinski definition) is 1. The SMILES string of the molecule is COc1cccc(C(=O)NCCc2ccc(S(=O)(=O)N3CCCC3)cc2)c1. The molecule has 6 nitrogen and oxygen atoms in total. The van der Waals surface area contributed by atoms with Crippen molar-refractivity contribution in [3.63, 3.8) is 0 Å². The van der Waals surface area contributed by atoms with E-state index in [9.17, 15) is 13.2 Å². The molecule has 27 heavy (non-hydrogen) atoms. The number of hydrogen-bond acceptors (Lipinski definition) is 4. The highest BCUT2D eigenvalue weighted by atomic mass is 32.2. The highest BCUT2D eigenvalue weighted by Gasteiger charge is 2.26. The zero-order valence-corrected chi connectivity index (χ0v) is 16.2. The molecule has 3 rings (SSSR count). The number of benzene rings is 2. The van der Waals surface area contributed by atoms with Gasteiger partial charge >= 0.3 is 0 Å². The van der Waals surface area contributed by atoms with Crippen LogP contribution in [0.5, 0.6) is 5.75 Å². The molecule has 0 spiro atoms. The Balaban J connectivity index is 1.55. The fraction of sp³-hybridized carbons (Fsp3) is 0.350. The molecule has 2 aromatic rings. The van der Waals surface area contributed by atoms with Crippen molar-refractivity contribution in [3.05, 3.63) is 59.7 Å². The Morgan fingerprint density at radius 2 is 1.81 bits per heavy atom. The number of carbonyl (C=O) groups is 1. The summed E-state index contributed by atoms with van der Waals surface area (Å²) in [5, 5.41) is 2.87. The van der Waals surface area contributed by atoms with E-state index in [4.69, 9.17) is 4.74 Å². The minimum absolute atomic E-state index is 0.165. The molecule has 144 valence electrons. The van der Waals surface area contributed by atoms with Gasteiger partial charge in [-0.2, -0.15) is 4.31 Å². The topological polar surface area (TPSA) is 75.7 Å². The van der Waals surface area contributed by atoms with Gasteiger partial charge in [0.25, 0.3) is 5.91 Å². The molecule has 0 saturated carbocycles. The van der Waals surface area contributed by atoms with Crippen molar-refractivity contribution in [1.29, 1.82) is 0 Å². The number of nitrogens with one attached hydrogen (secondary N) is 1. The van der Waals surface area contributed by atoms with Gasteiger partial charge in [0.1, 0.15) is 5.75 Å². The molecular weight excluding hydrogens is 364 g/mol. The molecule has 7 heteroatoms. The number of carbonyl (C=O) groups excluding carboxylic acids is 1. The van der Waals surface area contributed by atoms with Crippen LogP contribution in [0.15, 0.2) is 53.4 Å². The van der Waals surface area contributed by atoms with Gasteiger partial charge < -0.3 is 10.1 Å². The molecule has 1 amide bonds. The summed E-state index contributed by atoms with van der Waals surface area (Å²) in [7, 11) is -1.82. The molecule has 1 saturated heterocycles. The van der Waals surface area contributed by atoms with E-state index < -0.39 is 10.0 Å². The smallest absolute Gasteiger partial charge is 0.251 e. The number of methoxy groups -OCH3 is 1. The zero-order valence-electron chi connectivity index (χ0n) is 15.3. The van der Waals surface area contributed by atoms with E-state index in [0.717, 1.165) is 18.4 Å². The van der Waals surface area contributed by atoms with Gasteiger partial charge in [0, 0.05) is 25.2 Å². The quantitative estimate of drug-likeness (QED) is 0.791. The second-order valence-corrected chi connectivity index (χ2v) is 8.43. The molecule has 1 aliphatic heterocycles. The van der Waals surface area contributed by atoms with Gasteiger partial charge in [0.2, 0.25) is 10.0 Å². The van der Waals surface area contributed by atoms with Crippen molar-refractivity contribution in [2.75, 3.05) is 26.7 Å². The lowest BCUT2D eigenvalue weighted by molar-refractivity contribution is 0.0954. The Labute approximate surface area is 160 Å². The van der Waals surface area contributed by atoms with Crippen molar-refractivity contribution >= 4 is 15.9 Å². The van der Waals surface area contributed by atoms with Crippen molar-refractivity contribution in [3.8, 4) is 5.75 Å². The van der Waals surface area contributed by atoms with Crippen LogP contribution in [0.3, 0.4) is 0 Å². The second-order valence-electron chi connectivity index (χ2n) is 6.49. The lowest BCUT2D eigenvalue weighted by atomic mass is 10.1. The molecular formula is C20H24N2O4S. The van der Waals surface area contributed by atoms with E-state index in [2.05, 4.69) is 5.32 Å². The molecule has 0 aromatic heterocycles. The predicted octanol–water partition coefficient (Wildman–Crippen LogP) is 2.45. The number of rotatable bonds is 7. The highest BCUT2D eigenvalue weighted by Crippen LogP contribution is 2.21. The number of nitrogens with zero attached hydrogens (tertiary/aromatic N) is 1. The third-order valence-corrected chi connectivity index (χ3v) is 6.57. The summed E-state index contributed by atoms with van der Waals surface area (Å²) < 4.78 is 31.7. The highest BCUT2D eigenvalue weighted by molar-refractivity contribution is 7.89. The molecule has 1 N–H and O–H groups in total. The molecule has 0 atom stereocenters. The Kier molecular flexibility index (Phi) is 6.13. The van der Waals surface area contributed by atoms with E-state index in [1.54, 1.807) is 55.6 Å². The van der Waals surface area contributed by atoms with E-state index in [0.29, 0.717) is 42.3 Å². The molecule has 0 bridgehead atoms. The first-order valence-electron chi connectivity index (χ1n) is 9.02. The van der Waals surface area contributed by atoms with Gasteiger partial charge in [-0.25, -0.2) is 8.42 Å². The number of amides is 1. The summed E-state index contributed by atoms with van der Waals surface area (Å²) in [4.78, 5) is 12.5. The van der Waals surface area contributed by atoms with Crippen LogP contribution in [0.4, 0.5) is 0 Å². The monoisotopic (exact) mass is 388 g/mol. The summed E-state index contributed by atoms with van der Waals surface area (Å²) in [5.74, 6) is 0.472. The van der Waals surface area contributed by atoms with Crippen LogP contribution in [0.2, 0.25) is 0 Å². The Morgan fingerprint density at radius 1 is 1.11 bits per heavy atom. The minimum atomic E-state index is -3.38. The second kappa shape index (κ2) is 8.54. The fourth-order valence-corrected chi connectivity index (χ4v) is 4.61. The average Bonchev–Trinajstić information content (AvgIpc) is 3.24. The van der Waals surface area contributed by atoms with E-state index >= 15 is 0 Å². The largest absolute Gasteiger partial charge is 0.497 e. The lowest BCUT2D eigenvalue weighted by Gasteiger charge is -2.15. The van der Waals surface area contributed by atoms with Crippen molar-refractivity contribution in [1.82, 2.24) is 9.62 Å². The standard InChI is InChI=1S/C20H24N2O4S/c1-26-18-6-4-5-17(15-18)20(23)21-12-11-16-7-9-19(10-8-16)27(24,25)22-13-2-3-14-22/h4-10,15H,2-3,11-14H2,1H3,(H,21,23). The van der Waals surface area contributed by atoms with Gasteiger partial charge in [0.05, 0.1) is 12.0 Å². The molecule has 0 unspecified atom stereocenters. The van der Waals surface area contributed by atoms with Crippen LogP contribution in [0, 0.1) is 0 Å². The van der Waals surface area contributed by atoms with Gasteiger partial charge in [0.15, 0.2) is 0 Å². The zero-order chi connectivity index (χ0) is 19.3. The van der Waals surface area contributed by atoms with E-state index in [-0.39, 0.29) is 5.91 Å². The Bertz CT molecular complexity index is 888. The van der Waals surface area contributed by atoms with Gasteiger partial charge in [-0.3, -0.25) is 4.79 Å². The predicted molar refractivity (Wildman–Crippen MR) is 103 cm³/mol. The molecule has 0 aliphatic carbocycles. The summed E-state index contributed by atoms with van der Waals surface area (Å²) in [6, 6.07) is 13.9.